The highest BCUT2D eigenvalue weighted by atomic mass is 15.3. The summed E-state index contributed by atoms with van der Waals surface area (Å²) in [6, 6.07) is 68.6. The SMILES string of the molecule is c1ccc(-c2nc(-c3ccccc3)nc(-n3c4ccccc4c4c5c(ccc43)N3c4ccccc4-c4ccccc4-c4cccc(c43)N5c3ccccc3)n2)cc1. The fraction of sp³-hybridized carbons (Fsp3) is 0. The van der Waals surface area contributed by atoms with Gasteiger partial charge in [0.05, 0.1) is 39.5 Å². The summed E-state index contributed by atoms with van der Waals surface area (Å²) in [5, 5.41) is 2.23. The van der Waals surface area contributed by atoms with E-state index in [4.69, 9.17) is 15.0 Å². The molecule has 0 bridgehead atoms. The lowest BCUT2D eigenvalue weighted by Crippen LogP contribution is -2.24. The molecule has 0 saturated heterocycles. The molecule has 0 spiro atoms. The summed E-state index contributed by atoms with van der Waals surface area (Å²) in [4.78, 5) is 20.4. The van der Waals surface area contributed by atoms with Crippen LogP contribution >= 0.6 is 0 Å². The van der Waals surface area contributed by atoms with Gasteiger partial charge in [0.25, 0.3) is 0 Å². The number of fused-ring (bicyclic) bond motifs is 11. The lowest BCUT2D eigenvalue weighted by molar-refractivity contribution is 0.953. The summed E-state index contributed by atoms with van der Waals surface area (Å²) in [7, 11) is 0. The van der Waals surface area contributed by atoms with Crippen LogP contribution in [0.5, 0.6) is 0 Å². The van der Waals surface area contributed by atoms with E-state index >= 15 is 0 Å². The van der Waals surface area contributed by atoms with E-state index in [0.29, 0.717) is 17.6 Å². The Morgan fingerprint density at radius 1 is 0.333 bits per heavy atom. The molecule has 10 aromatic rings. The molecule has 0 amide bonds. The molecule has 0 atom stereocenters. The first-order chi connectivity index (χ1) is 28.3. The number of hydrogen-bond acceptors (Lipinski definition) is 5. The van der Waals surface area contributed by atoms with E-state index < -0.39 is 0 Å². The van der Waals surface area contributed by atoms with Gasteiger partial charge < -0.3 is 9.80 Å². The molecule has 0 aliphatic carbocycles. The van der Waals surface area contributed by atoms with E-state index in [0.717, 1.165) is 67.1 Å². The third-order valence-corrected chi connectivity index (χ3v) is 11.3. The average Bonchev–Trinajstić information content (AvgIpc) is 3.57. The molecule has 57 heavy (non-hydrogen) atoms. The Morgan fingerprint density at radius 3 is 1.60 bits per heavy atom. The summed E-state index contributed by atoms with van der Waals surface area (Å²) in [5.74, 6) is 1.81. The Bertz CT molecular complexity index is 3130. The topological polar surface area (TPSA) is 50.1 Å². The first-order valence-corrected chi connectivity index (χ1v) is 19.2. The maximum atomic E-state index is 5.23. The number of benzene rings is 8. The Balaban J connectivity index is 1.21. The van der Waals surface area contributed by atoms with Crippen LogP contribution in [0.25, 0.3) is 72.8 Å². The second-order valence-corrected chi connectivity index (χ2v) is 14.4. The molecule has 12 rings (SSSR count). The zero-order valence-corrected chi connectivity index (χ0v) is 30.7. The highest BCUT2D eigenvalue weighted by Gasteiger charge is 2.38. The minimum atomic E-state index is 0.564. The van der Waals surface area contributed by atoms with Crippen molar-refractivity contribution >= 4 is 55.9 Å². The second-order valence-electron chi connectivity index (χ2n) is 14.4. The van der Waals surface area contributed by atoms with Crippen molar-refractivity contribution in [2.75, 3.05) is 9.80 Å². The van der Waals surface area contributed by atoms with Crippen molar-refractivity contribution in [2.45, 2.75) is 0 Å². The maximum Gasteiger partial charge on any atom is 0.238 e. The molecular weight excluding hydrogens is 697 g/mol. The quantitative estimate of drug-likeness (QED) is 0.181. The monoisotopic (exact) mass is 728 g/mol. The maximum absolute atomic E-state index is 5.23. The largest absolute Gasteiger partial charge is 0.306 e. The molecule has 0 radical (unpaired) electrons. The Labute approximate surface area is 329 Å². The van der Waals surface area contributed by atoms with Gasteiger partial charge in [0.1, 0.15) is 0 Å². The lowest BCUT2D eigenvalue weighted by atomic mass is 9.94. The van der Waals surface area contributed by atoms with Crippen LogP contribution in [0, 0.1) is 0 Å². The molecule has 0 unspecified atom stereocenters. The molecule has 4 heterocycles. The summed E-state index contributed by atoms with van der Waals surface area (Å²) in [5.41, 5.74) is 15.4. The summed E-state index contributed by atoms with van der Waals surface area (Å²) in [6.07, 6.45) is 0. The predicted molar refractivity (Wildman–Crippen MR) is 232 cm³/mol. The van der Waals surface area contributed by atoms with Crippen molar-refractivity contribution in [3.05, 3.63) is 194 Å². The van der Waals surface area contributed by atoms with Crippen LogP contribution in [-0.2, 0) is 0 Å². The molecule has 6 heteroatoms. The lowest BCUT2D eigenvalue weighted by Gasteiger charge is -2.41. The van der Waals surface area contributed by atoms with Crippen LogP contribution in [0.15, 0.2) is 194 Å². The average molecular weight is 729 g/mol. The fourth-order valence-corrected chi connectivity index (χ4v) is 8.90. The van der Waals surface area contributed by atoms with Gasteiger partial charge in [-0.2, -0.15) is 9.97 Å². The van der Waals surface area contributed by atoms with Crippen molar-refractivity contribution in [3.8, 4) is 51.0 Å². The number of anilines is 6. The molecule has 0 fully saturated rings. The normalized spacial score (nSPS) is 12.5. The van der Waals surface area contributed by atoms with Gasteiger partial charge in [0.15, 0.2) is 11.6 Å². The highest BCUT2D eigenvalue weighted by molar-refractivity contribution is 6.23. The molecular formula is C51H32N6. The molecule has 2 aromatic heterocycles. The summed E-state index contributed by atoms with van der Waals surface area (Å²) >= 11 is 0. The van der Waals surface area contributed by atoms with Gasteiger partial charge >= 0.3 is 0 Å². The van der Waals surface area contributed by atoms with Gasteiger partial charge in [-0.3, -0.25) is 4.57 Å². The van der Waals surface area contributed by atoms with E-state index in [-0.39, 0.29) is 0 Å². The van der Waals surface area contributed by atoms with E-state index in [1.54, 1.807) is 0 Å². The van der Waals surface area contributed by atoms with Gasteiger partial charge in [-0.05, 0) is 53.6 Å². The van der Waals surface area contributed by atoms with Crippen LogP contribution in [0.3, 0.4) is 0 Å². The number of nitrogens with zero attached hydrogens (tertiary/aromatic N) is 6. The zero-order chi connectivity index (χ0) is 37.5. The molecule has 0 saturated carbocycles. The molecule has 2 aliphatic rings. The van der Waals surface area contributed by atoms with Gasteiger partial charge in [0, 0.05) is 38.7 Å². The molecule has 2 aliphatic heterocycles. The van der Waals surface area contributed by atoms with Crippen LogP contribution in [0.1, 0.15) is 0 Å². The summed E-state index contributed by atoms with van der Waals surface area (Å²) < 4.78 is 2.22. The van der Waals surface area contributed by atoms with Crippen molar-refractivity contribution < 1.29 is 0 Å². The predicted octanol–water partition coefficient (Wildman–Crippen LogP) is 13.2. The summed E-state index contributed by atoms with van der Waals surface area (Å²) in [6.45, 7) is 0. The first kappa shape index (κ1) is 31.5. The van der Waals surface area contributed by atoms with Gasteiger partial charge in [0.2, 0.25) is 5.95 Å². The highest BCUT2D eigenvalue weighted by Crippen LogP contribution is 2.62. The number of hydrogen-bond donors (Lipinski definition) is 0. The van der Waals surface area contributed by atoms with Gasteiger partial charge in [-0.25, -0.2) is 4.98 Å². The number of aromatic nitrogens is 4. The molecule has 0 N–H and O–H groups in total. The van der Waals surface area contributed by atoms with Crippen LogP contribution in [-0.4, -0.2) is 19.5 Å². The van der Waals surface area contributed by atoms with Gasteiger partial charge in [-0.1, -0.05) is 152 Å². The number of rotatable bonds is 4. The first-order valence-electron chi connectivity index (χ1n) is 19.2. The van der Waals surface area contributed by atoms with Crippen LogP contribution in [0.2, 0.25) is 0 Å². The minimum absolute atomic E-state index is 0.564. The van der Waals surface area contributed by atoms with Crippen LogP contribution in [0.4, 0.5) is 34.1 Å². The Kier molecular flexibility index (Phi) is 6.83. The van der Waals surface area contributed by atoms with E-state index in [2.05, 4.69) is 172 Å². The van der Waals surface area contributed by atoms with E-state index in [1.807, 2.05) is 36.4 Å². The van der Waals surface area contributed by atoms with Crippen molar-refractivity contribution in [3.63, 3.8) is 0 Å². The van der Waals surface area contributed by atoms with Crippen molar-refractivity contribution in [1.82, 2.24) is 19.5 Å². The second kappa shape index (κ2) is 12.3. The number of para-hydroxylation sites is 4. The van der Waals surface area contributed by atoms with E-state index in [9.17, 15) is 0 Å². The Hall–Kier alpha value is -7.83. The Morgan fingerprint density at radius 2 is 0.877 bits per heavy atom. The fourth-order valence-electron chi connectivity index (χ4n) is 8.90. The molecule has 266 valence electrons. The van der Waals surface area contributed by atoms with E-state index in [1.165, 1.54) is 22.3 Å². The van der Waals surface area contributed by atoms with Crippen molar-refractivity contribution in [1.29, 1.82) is 0 Å². The van der Waals surface area contributed by atoms with Crippen LogP contribution < -0.4 is 9.80 Å². The third-order valence-electron chi connectivity index (χ3n) is 11.3. The third kappa shape index (κ3) is 4.68. The van der Waals surface area contributed by atoms with Gasteiger partial charge in [-0.15, -0.1) is 0 Å². The van der Waals surface area contributed by atoms with Crippen molar-refractivity contribution in [2.24, 2.45) is 0 Å². The minimum Gasteiger partial charge on any atom is -0.306 e. The smallest absolute Gasteiger partial charge is 0.238 e. The molecule has 6 nitrogen and oxygen atoms in total. The molecule has 8 aromatic carbocycles. The standard InChI is InChI=1S/C51H32N6/c1-4-17-33(18-5-1)49-52-50(34-19-6-2-7-20-34)54-51(53-49)57-42-29-15-13-26-40(42)46-43(57)31-32-45-48(46)55(35-21-8-3-9-22-35)44-30-16-27-39-37-24-11-10-23-36(37)38-25-12-14-28-41(38)56(45)47(39)44/h1-32H. The zero-order valence-electron chi connectivity index (χ0n) is 30.7.